The van der Waals surface area contributed by atoms with Gasteiger partial charge in [-0.3, -0.25) is 9.59 Å². The van der Waals surface area contributed by atoms with Crippen LogP contribution in [0.4, 0.5) is 0 Å². The SMILES string of the molecule is COc1ccccc1SC[C@H]1C[C@@H](c2ccc(CO)cc2)O[C@@H](c2cccc(-c3cccc(CNC(=O)CCCCCNC(C)=O)c3)c2)O1. The van der Waals surface area contributed by atoms with E-state index in [1.807, 2.05) is 66.7 Å². The van der Waals surface area contributed by atoms with Crippen molar-refractivity contribution in [3.63, 3.8) is 0 Å². The molecular weight excluding hydrogens is 637 g/mol. The molecule has 5 rings (SSSR count). The Labute approximate surface area is 293 Å². The summed E-state index contributed by atoms with van der Waals surface area (Å²) in [4.78, 5) is 24.5. The lowest BCUT2D eigenvalue weighted by Crippen LogP contribution is -2.31. The molecule has 49 heavy (non-hydrogen) atoms. The van der Waals surface area contributed by atoms with Crippen LogP contribution < -0.4 is 15.4 Å². The fraction of sp³-hybridized carbons (Fsp3) is 0.350. The van der Waals surface area contributed by atoms with Crippen molar-refractivity contribution in [2.24, 2.45) is 0 Å². The molecule has 0 aliphatic carbocycles. The Morgan fingerprint density at radius 2 is 1.61 bits per heavy atom. The summed E-state index contributed by atoms with van der Waals surface area (Å²) in [6, 6.07) is 32.4. The van der Waals surface area contributed by atoms with Gasteiger partial charge in [-0.1, -0.05) is 79.2 Å². The normalized spacial score (nSPS) is 17.3. The number of benzene rings is 4. The summed E-state index contributed by atoms with van der Waals surface area (Å²) in [6.07, 6.45) is 2.89. The molecule has 1 fully saturated rings. The second kappa shape index (κ2) is 18.6. The van der Waals surface area contributed by atoms with Crippen molar-refractivity contribution in [1.29, 1.82) is 0 Å². The third-order valence-electron chi connectivity index (χ3n) is 8.47. The van der Waals surface area contributed by atoms with Gasteiger partial charge in [0.15, 0.2) is 6.29 Å². The number of ether oxygens (including phenoxy) is 3. The van der Waals surface area contributed by atoms with Crippen LogP contribution in [0.5, 0.6) is 5.75 Å². The van der Waals surface area contributed by atoms with E-state index in [2.05, 4.69) is 41.0 Å². The third kappa shape index (κ3) is 10.9. The van der Waals surface area contributed by atoms with E-state index in [1.165, 1.54) is 6.92 Å². The maximum atomic E-state index is 12.5. The number of aliphatic hydroxyl groups is 1. The average Bonchev–Trinajstić information content (AvgIpc) is 3.14. The Balaban J connectivity index is 1.25. The van der Waals surface area contributed by atoms with Crippen LogP contribution in [0.25, 0.3) is 11.1 Å². The fourth-order valence-electron chi connectivity index (χ4n) is 5.81. The number of methoxy groups -OCH3 is 1. The van der Waals surface area contributed by atoms with Crippen LogP contribution in [0.15, 0.2) is 102 Å². The molecule has 0 aromatic heterocycles. The minimum Gasteiger partial charge on any atom is -0.496 e. The van der Waals surface area contributed by atoms with E-state index in [0.29, 0.717) is 25.9 Å². The van der Waals surface area contributed by atoms with Crippen molar-refractivity contribution in [3.05, 3.63) is 119 Å². The molecule has 3 atom stereocenters. The number of unbranched alkanes of at least 4 members (excludes halogenated alkanes) is 2. The summed E-state index contributed by atoms with van der Waals surface area (Å²) < 4.78 is 18.8. The summed E-state index contributed by atoms with van der Waals surface area (Å²) in [5.74, 6) is 1.58. The first kappa shape index (κ1) is 36.1. The van der Waals surface area contributed by atoms with Crippen LogP contribution >= 0.6 is 11.8 Å². The predicted octanol–water partition coefficient (Wildman–Crippen LogP) is 7.50. The number of carbonyl (C=O) groups excluding carboxylic acids is 2. The van der Waals surface area contributed by atoms with Gasteiger partial charge in [-0.2, -0.15) is 0 Å². The van der Waals surface area contributed by atoms with Crippen molar-refractivity contribution < 1.29 is 28.9 Å². The monoisotopic (exact) mass is 682 g/mol. The zero-order valence-electron chi connectivity index (χ0n) is 28.2. The van der Waals surface area contributed by atoms with Crippen molar-refractivity contribution in [1.82, 2.24) is 10.6 Å². The highest BCUT2D eigenvalue weighted by Crippen LogP contribution is 2.41. The molecule has 0 unspecified atom stereocenters. The fourth-order valence-corrected chi connectivity index (χ4v) is 6.86. The standard InChI is InChI=1S/C40H46N2O6S/c1-28(44)41-21-7-3-4-16-39(45)42-25-30-10-8-11-32(22-30)33-12-9-13-34(23-33)40-47-35(27-49-38-15-6-5-14-36(38)46-2)24-37(48-40)31-19-17-29(26-43)18-20-31/h5-6,8-15,17-20,22-23,35,37,40,43H,3-4,7,16,21,24-27H2,1-2H3,(H,41,44)(H,42,45)/t35-,37+,40+/m1/s1. The van der Waals surface area contributed by atoms with Gasteiger partial charge in [-0.05, 0) is 64.9 Å². The third-order valence-corrected chi connectivity index (χ3v) is 9.66. The predicted molar refractivity (Wildman–Crippen MR) is 193 cm³/mol. The smallest absolute Gasteiger partial charge is 0.220 e. The lowest BCUT2D eigenvalue weighted by atomic mass is 9.99. The highest BCUT2D eigenvalue weighted by molar-refractivity contribution is 7.99. The molecule has 1 aliphatic heterocycles. The Bertz CT molecular complexity index is 1660. The molecule has 0 saturated carbocycles. The molecule has 0 spiro atoms. The topological polar surface area (TPSA) is 106 Å². The zero-order chi connectivity index (χ0) is 34.4. The Morgan fingerprint density at radius 3 is 2.39 bits per heavy atom. The van der Waals surface area contributed by atoms with Gasteiger partial charge in [0, 0.05) is 49.1 Å². The van der Waals surface area contributed by atoms with Crippen molar-refractivity contribution >= 4 is 23.6 Å². The van der Waals surface area contributed by atoms with Gasteiger partial charge in [0.2, 0.25) is 11.8 Å². The number of hydrogen-bond donors (Lipinski definition) is 3. The summed E-state index contributed by atoms with van der Waals surface area (Å²) in [5.41, 5.74) is 5.94. The maximum Gasteiger partial charge on any atom is 0.220 e. The molecule has 4 aromatic carbocycles. The number of para-hydroxylation sites is 1. The van der Waals surface area contributed by atoms with E-state index in [0.717, 1.165) is 69.0 Å². The van der Waals surface area contributed by atoms with Crippen molar-refractivity contribution in [2.45, 2.75) is 75.6 Å². The van der Waals surface area contributed by atoms with Gasteiger partial charge < -0.3 is 30.0 Å². The average molecular weight is 683 g/mol. The summed E-state index contributed by atoms with van der Waals surface area (Å²) in [6.45, 7) is 2.61. The molecule has 1 aliphatic rings. The quantitative estimate of drug-likeness (QED) is 0.0830. The molecule has 0 radical (unpaired) electrons. The van der Waals surface area contributed by atoms with Gasteiger partial charge in [-0.15, -0.1) is 11.8 Å². The molecule has 3 N–H and O–H groups in total. The number of nitrogens with one attached hydrogen (secondary N) is 2. The first-order valence-corrected chi connectivity index (χ1v) is 17.9. The van der Waals surface area contributed by atoms with E-state index < -0.39 is 6.29 Å². The van der Waals surface area contributed by atoms with E-state index in [4.69, 9.17) is 14.2 Å². The summed E-state index contributed by atoms with van der Waals surface area (Å²) >= 11 is 1.71. The summed E-state index contributed by atoms with van der Waals surface area (Å²) in [5, 5.41) is 15.4. The first-order chi connectivity index (χ1) is 23.9. The Morgan fingerprint density at radius 1 is 0.837 bits per heavy atom. The van der Waals surface area contributed by atoms with Crippen LogP contribution in [0.1, 0.15) is 73.7 Å². The van der Waals surface area contributed by atoms with Crippen LogP contribution in [0, 0.1) is 0 Å². The lowest BCUT2D eigenvalue weighted by molar-refractivity contribution is -0.245. The van der Waals surface area contributed by atoms with Crippen LogP contribution in [0.3, 0.4) is 0 Å². The molecule has 2 amide bonds. The van der Waals surface area contributed by atoms with E-state index >= 15 is 0 Å². The Kier molecular flexibility index (Phi) is 13.7. The molecule has 1 saturated heterocycles. The number of amides is 2. The summed E-state index contributed by atoms with van der Waals surface area (Å²) in [7, 11) is 1.69. The molecule has 9 heteroatoms. The van der Waals surface area contributed by atoms with Crippen LogP contribution in [0.2, 0.25) is 0 Å². The molecule has 4 aromatic rings. The van der Waals surface area contributed by atoms with Gasteiger partial charge in [0.05, 0.1) is 25.9 Å². The molecule has 0 bridgehead atoms. The van der Waals surface area contributed by atoms with E-state index in [1.54, 1.807) is 18.9 Å². The second-order valence-corrected chi connectivity index (χ2v) is 13.3. The molecular formula is C40H46N2O6S. The lowest BCUT2D eigenvalue weighted by Gasteiger charge is -2.36. The highest BCUT2D eigenvalue weighted by Gasteiger charge is 2.32. The molecule has 1 heterocycles. The number of thioether (sulfide) groups is 1. The Hall–Kier alpha value is -4.15. The molecule has 8 nitrogen and oxygen atoms in total. The van der Waals surface area contributed by atoms with E-state index in [-0.39, 0.29) is 30.6 Å². The number of aliphatic hydroxyl groups excluding tert-OH is 1. The van der Waals surface area contributed by atoms with Gasteiger partial charge in [0.1, 0.15) is 5.75 Å². The number of hydrogen-bond acceptors (Lipinski definition) is 7. The minimum absolute atomic E-state index is 0.00178. The van der Waals surface area contributed by atoms with Gasteiger partial charge in [-0.25, -0.2) is 0 Å². The highest BCUT2D eigenvalue weighted by atomic mass is 32.2. The minimum atomic E-state index is -0.569. The van der Waals surface area contributed by atoms with Crippen molar-refractivity contribution in [3.8, 4) is 16.9 Å². The van der Waals surface area contributed by atoms with Crippen LogP contribution in [-0.4, -0.2) is 42.4 Å². The second-order valence-electron chi connectivity index (χ2n) is 12.2. The first-order valence-electron chi connectivity index (χ1n) is 16.9. The van der Waals surface area contributed by atoms with Gasteiger partial charge in [0.25, 0.3) is 0 Å². The number of carbonyl (C=O) groups is 2. The maximum absolute atomic E-state index is 12.5. The van der Waals surface area contributed by atoms with Crippen LogP contribution in [-0.2, 0) is 32.2 Å². The zero-order valence-corrected chi connectivity index (χ0v) is 29.0. The van der Waals surface area contributed by atoms with E-state index in [9.17, 15) is 14.7 Å². The van der Waals surface area contributed by atoms with Crippen molar-refractivity contribution in [2.75, 3.05) is 19.4 Å². The number of rotatable bonds is 16. The molecule has 258 valence electrons. The largest absolute Gasteiger partial charge is 0.496 e. The van der Waals surface area contributed by atoms with Gasteiger partial charge >= 0.3 is 0 Å².